The van der Waals surface area contributed by atoms with Crippen molar-refractivity contribution in [1.82, 2.24) is 0 Å². The fourth-order valence-corrected chi connectivity index (χ4v) is 2.03. The molecule has 2 unspecified atom stereocenters. The summed E-state index contributed by atoms with van der Waals surface area (Å²) in [6, 6.07) is 0. The van der Waals surface area contributed by atoms with E-state index in [4.69, 9.17) is 9.84 Å². The maximum atomic E-state index is 12.6. The molecule has 15 heavy (non-hydrogen) atoms. The first-order chi connectivity index (χ1) is 6.85. The Bertz CT molecular complexity index is 298. The van der Waals surface area contributed by atoms with Crippen LogP contribution in [0, 0.1) is 0 Å². The summed E-state index contributed by atoms with van der Waals surface area (Å²) >= 11 is 3.05. The van der Waals surface area contributed by atoms with Gasteiger partial charge >= 0.3 is 6.18 Å². The van der Waals surface area contributed by atoms with Crippen LogP contribution in [0.25, 0.3) is 0 Å². The van der Waals surface area contributed by atoms with Crippen LogP contribution in [-0.2, 0) is 4.74 Å². The minimum Gasteiger partial charge on any atom is -0.394 e. The second-order valence-electron chi connectivity index (χ2n) is 3.18. The van der Waals surface area contributed by atoms with Gasteiger partial charge in [0, 0.05) is 7.11 Å². The Labute approximate surface area is 93.5 Å². The van der Waals surface area contributed by atoms with Crippen LogP contribution in [0.2, 0.25) is 0 Å². The molecule has 0 aliphatic heterocycles. The highest BCUT2D eigenvalue weighted by molar-refractivity contribution is 9.10. The summed E-state index contributed by atoms with van der Waals surface area (Å²) in [5, 5.41) is 9.06. The average Bonchev–Trinajstić information content (AvgIpc) is 2.16. The summed E-state index contributed by atoms with van der Waals surface area (Å²) in [5.41, 5.74) is -0.807. The molecule has 1 rings (SSSR count). The van der Waals surface area contributed by atoms with Gasteiger partial charge in [-0.1, -0.05) is 34.2 Å². The van der Waals surface area contributed by atoms with Gasteiger partial charge < -0.3 is 9.84 Å². The quantitative estimate of drug-likeness (QED) is 0.789. The maximum Gasteiger partial charge on any atom is 0.415 e. The number of hydrogen-bond donors (Lipinski definition) is 1. The van der Waals surface area contributed by atoms with Gasteiger partial charge in [-0.2, -0.15) is 13.2 Å². The SMILES string of the molecule is COC1C(C(F)(F)F)=CC=CC1(Br)CO. The largest absolute Gasteiger partial charge is 0.415 e. The number of rotatable bonds is 2. The summed E-state index contributed by atoms with van der Waals surface area (Å²) in [6.45, 7) is -0.477. The van der Waals surface area contributed by atoms with Gasteiger partial charge in [-0.3, -0.25) is 0 Å². The summed E-state index contributed by atoms with van der Waals surface area (Å²) in [4.78, 5) is 0. The molecule has 0 amide bonds. The van der Waals surface area contributed by atoms with Crippen LogP contribution in [0.4, 0.5) is 13.2 Å². The van der Waals surface area contributed by atoms with Crippen molar-refractivity contribution in [1.29, 1.82) is 0 Å². The van der Waals surface area contributed by atoms with Gasteiger partial charge in [0.15, 0.2) is 0 Å². The molecule has 1 aliphatic rings. The number of hydrogen-bond acceptors (Lipinski definition) is 2. The standard InChI is InChI=1S/C9H10BrF3O2/c1-15-7-6(9(11,12)13)3-2-4-8(7,10)5-14/h2-4,7,14H,5H2,1H3. The third-order valence-corrected chi connectivity index (χ3v) is 3.10. The molecule has 86 valence electrons. The molecular formula is C9H10BrF3O2. The lowest BCUT2D eigenvalue weighted by atomic mass is 9.90. The summed E-state index contributed by atoms with van der Waals surface area (Å²) in [6.07, 6.45) is -2.06. The Morgan fingerprint density at radius 3 is 2.60 bits per heavy atom. The van der Waals surface area contributed by atoms with Crippen molar-refractivity contribution in [3.63, 3.8) is 0 Å². The molecule has 0 spiro atoms. The predicted octanol–water partition coefficient (Wildman–Crippen LogP) is 2.19. The highest BCUT2D eigenvalue weighted by Crippen LogP contribution is 2.40. The third kappa shape index (κ3) is 2.43. The minimum absolute atomic E-state index is 0.477. The van der Waals surface area contributed by atoms with Crippen molar-refractivity contribution < 1.29 is 23.0 Å². The lowest BCUT2D eigenvalue weighted by Crippen LogP contribution is -2.45. The summed E-state index contributed by atoms with van der Waals surface area (Å²) in [5.74, 6) is 0. The molecule has 0 heterocycles. The van der Waals surface area contributed by atoms with E-state index in [0.29, 0.717) is 0 Å². The summed E-state index contributed by atoms with van der Waals surface area (Å²) < 4.78 is 41.3. The van der Waals surface area contributed by atoms with E-state index < -0.39 is 28.8 Å². The smallest absolute Gasteiger partial charge is 0.394 e. The van der Waals surface area contributed by atoms with E-state index in [9.17, 15) is 13.2 Å². The number of allylic oxidation sites excluding steroid dienone is 2. The zero-order valence-electron chi connectivity index (χ0n) is 7.88. The number of halogens is 4. The van der Waals surface area contributed by atoms with Crippen molar-refractivity contribution in [3.05, 3.63) is 23.8 Å². The molecule has 1 N–H and O–H groups in total. The molecule has 0 fully saturated rings. The average molecular weight is 287 g/mol. The van der Waals surface area contributed by atoms with Gasteiger partial charge in [-0.05, 0) is 0 Å². The number of ether oxygens (including phenoxy) is 1. The molecule has 0 bridgehead atoms. The monoisotopic (exact) mass is 286 g/mol. The molecule has 6 heteroatoms. The van der Waals surface area contributed by atoms with Crippen molar-refractivity contribution in [2.45, 2.75) is 16.6 Å². The topological polar surface area (TPSA) is 29.5 Å². The Morgan fingerprint density at radius 2 is 2.20 bits per heavy atom. The van der Waals surface area contributed by atoms with E-state index in [1.807, 2.05) is 0 Å². The molecular weight excluding hydrogens is 277 g/mol. The van der Waals surface area contributed by atoms with Crippen molar-refractivity contribution >= 4 is 15.9 Å². The molecule has 0 saturated heterocycles. The Hall–Kier alpha value is -0.330. The van der Waals surface area contributed by atoms with E-state index in [-0.39, 0.29) is 0 Å². The third-order valence-electron chi connectivity index (χ3n) is 2.17. The second-order valence-corrected chi connectivity index (χ2v) is 4.66. The van der Waals surface area contributed by atoms with Gasteiger partial charge in [0.2, 0.25) is 0 Å². The zero-order valence-corrected chi connectivity index (χ0v) is 9.47. The van der Waals surface area contributed by atoms with Crippen molar-refractivity contribution in [2.24, 2.45) is 0 Å². The maximum absolute atomic E-state index is 12.6. The molecule has 0 radical (unpaired) electrons. The number of methoxy groups -OCH3 is 1. The van der Waals surface area contributed by atoms with Crippen molar-refractivity contribution in [3.8, 4) is 0 Å². The van der Waals surface area contributed by atoms with Crippen LogP contribution >= 0.6 is 15.9 Å². The van der Waals surface area contributed by atoms with Crippen molar-refractivity contribution in [2.75, 3.05) is 13.7 Å². The second kappa shape index (κ2) is 4.27. The van der Waals surface area contributed by atoms with Crippen LogP contribution in [0.1, 0.15) is 0 Å². The lowest BCUT2D eigenvalue weighted by Gasteiger charge is -2.35. The Kier molecular flexibility index (Phi) is 3.63. The highest BCUT2D eigenvalue weighted by Gasteiger charge is 2.48. The van der Waals surface area contributed by atoms with Gasteiger partial charge in [-0.25, -0.2) is 0 Å². The molecule has 0 aromatic rings. The normalized spacial score (nSPS) is 31.6. The van der Waals surface area contributed by atoms with Gasteiger partial charge in [0.1, 0.15) is 6.10 Å². The lowest BCUT2D eigenvalue weighted by molar-refractivity contribution is -0.111. The Balaban J connectivity index is 3.09. The van der Waals surface area contributed by atoms with Crippen LogP contribution in [-0.4, -0.2) is 35.4 Å². The number of aliphatic hydroxyl groups excluding tert-OH is 1. The van der Waals surface area contributed by atoms with Crippen LogP contribution in [0.5, 0.6) is 0 Å². The molecule has 0 aromatic carbocycles. The fourth-order valence-electron chi connectivity index (χ4n) is 1.45. The first-order valence-electron chi connectivity index (χ1n) is 4.14. The molecule has 1 aliphatic carbocycles. The van der Waals surface area contributed by atoms with E-state index >= 15 is 0 Å². The zero-order chi connectivity index (χ0) is 11.7. The first-order valence-corrected chi connectivity index (χ1v) is 4.93. The van der Waals surface area contributed by atoms with Crippen LogP contribution in [0.3, 0.4) is 0 Å². The fraction of sp³-hybridized carbons (Fsp3) is 0.556. The molecule has 0 aromatic heterocycles. The van der Waals surface area contributed by atoms with Gasteiger partial charge in [0.25, 0.3) is 0 Å². The first kappa shape index (κ1) is 12.7. The van der Waals surface area contributed by atoms with E-state index in [0.717, 1.165) is 6.08 Å². The van der Waals surface area contributed by atoms with E-state index in [2.05, 4.69) is 15.9 Å². The molecule has 2 atom stereocenters. The highest BCUT2D eigenvalue weighted by atomic mass is 79.9. The minimum atomic E-state index is -4.46. The molecule has 0 saturated carbocycles. The predicted molar refractivity (Wildman–Crippen MR) is 52.8 cm³/mol. The number of alkyl halides is 4. The van der Waals surface area contributed by atoms with E-state index in [1.54, 1.807) is 0 Å². The van der Waals surface area contributed by atoms with E-state index in [1.165, 1.54) is 19.3 Å². The summed E-state index contributed by atoms with van der Waals surface area (Å²) in [7, 11) is 1.18. The Morgan fingerprint density at radius 1 is 1.60 bits per heavy atom. The molecule has 2 nitrogen and oxygen atoms in total. The van der Waals surface area contributed by atoms with Crippen LogP contribution < -0.4 is 0 Å². The van der Waals surface area contributed by atoms with Crippen LogP contribution in [0.15, 0.2) is 23.8 Å². The number of aliphatic hydroxyl groups is 1. The van der Waals surface area contributed by atoms with Gasteiger partial charge in [-0.15, -0.1) is 0 Å². The van der Waals surface area contributed by atoms with Gasteiger partial charge in [0.05, 0.1) is 16.5 Å².